The van der Waals surface area contributed by atoms with Gasteiger partial charge in [0.25, 0.3) is 0 Å². The number of carbonyl (C=O) groups is 2. The second kappa shape index (κ2) is 8.82. The van der Waals surface area contributed by atoms with E-state index in [2.05, 4.69) is 5.32 Å². The lowest BCUT2D eigenvalue weighted by Gasteiger charge is -2.31. The molecule has 1 N–H and O–H groups in total. The van der Waals surface area contributed by atoms with E-state index in [1.54, 1.807) is 23.1 Å². The fourth-order valence-corrected chi connectivity index (χ4v) is 2.63. The van der Waals surface area contributed by atoms with E-state index in [4.69, 9.17) is 5.26 Å². The van der Waals surface area contributed by atoms with Gasteiger partial charge in [-0.1, -0.05) is 12.1 Å². The first-order valence-electron chi connectivity index (χ1n) is 7.94. The number of nitriles is 1. The van der Waals surface area contributed by atoms with Crippen LogP contribution >= 0.6 is 0 Å². The second-order valence-corrected chi connectivity index (χ2v) is 5.80. The van der Waals surface area contributed by atoms with Crippen molar-refractivity contribution in [1.29, 1.82) is 5.26 Å². The maximum atomic E-state index is 13.1. The Bertz CT molecular complexity index is 658. The molecule has 0 aromatic heterocycles. The van der Waals surface area contributed by atoms with Crippen LogP contribution in [0, 0.1) is 23.1 Å². The lowest BCUT2D eigenvalue weighted by Crippen LogP contribution is -2.40. The summed E-state index contributed by atoms with van der Waals surface area (Å²) >= 11 is 0. The predicted molar refractivity (Wildman–Crippen MR) is 88.0 cm³/mol. The summed E-state index contributed by atoms with van der Waals surface area (Å²) < 4.78 is 13.1. The number of nitrogens with one attached hydrogen (secondary N) is 1. The van der Waals surface area contributed by atoms with E-state index in [0.29, 0.717) is 31.1 Å². The Morgan fingerprint density at radius 1 is 1.38 bits per heavy atom. The summed E-state index contributed by atoms with van der Waals surface area (Å²) in [6.45, 7) is 1.80. The molecule has 1 heterocycles. The van der Waals surface area contributed by atoms with Crippen molar-refractivity contribution in [3.63, 3.8) is 0 Å². The van der Waals surface area contributed by atoms with Crippen LogP contribution < -0.4 is 5.32 Å². The van der Waals surface area contributed by atoms with Crippen molar-refractivity contribution in [2.45, 2.75) is 19.3 Å². The van der Waals surface area contributed by atoms with Crippen LogP contribution in [-0.2, 0) is 9.59 Å². The van der Waals surface area contributed by atoms with Crippen LogP contribution in [0.3, 0.4) is 0 Å². The number of rotatable bonds is 5. The molecule has 0 atom stereocenters. The molecule has 1 fully saturated rings. The number of hydrogen-bond acceptors (Lipinski definition) is 3. The molecule has 126 valence electrons. The Morgan fingerprint density at radius 2 is 2.12 bits per heavy atom. The number of hydrogen-bond donors (Lipinski definition) is 1. The van der Waals surface area contributed by atoms with Gasteiger partial charge in [0.05, 0.1) is 6.07 Å². The number of carbonyl (C=O) groups excluding carboxylic acids is 2. The fourth-order valence-electron chi connectivity index (χ4n) is 2.63. The van der Waals surface area contributed by atoms with Gasteiger partial charge >= 0.3 is 0 Å². The minimum absolute atomic E-state index is 0.0915. The van der Waals surface area contributed by atoms with Crippen molar-refractivity contribution < 1.29 is 14.0 Å². The molecule has 0 aliphatic carbocycles. The number of amides is 2. The Balaban J connectivity index is 1.76. The van der Waals surface area contributed by atoms with Gasteiger partial charge in [-0.05, 0) is 42.5 Å². The highest BCUT2D eigenvalue weighted by Crippen LogP contribution is 2.17. The summed E-state index contributed by atoms with van der Waals surface area (Å²) in [5.74, 6) is -0.354. The van der Waals surface area contributed by atoms with E-state index in [0.717, 1.165) is 12.8 Å². The topological polar surface area (TPSA) is 73.2 Å². The first-order chi connectivity index (χ1) is 11.6. The molecule has 0 spiro atoms. The molecule has 0 unspecified atom stereocenters. The standard InChI is InChI=1S/C18H20FN3O2/c19-16-3-1-2-14(12-16)4-5-18(24)22-10-7-15(8-11-22)13-21-17(23)6-9-20/h1-5,12,15H,6-8,10-11,13H2,(H,21,23)/b5-4+. The molecule has 5 nitrogen and oxygen atoms in total. The van der Waals surface area contributed by atoms with Crippen LogP contribution in [-0.4, -0.2) is 36.3 Å². The van der Waals surface area contributed by atoms with Crippen molar-refractivity contribution in [1.82, 2.24) is 10.2 Å². The highest BCUT2D eigenvalue weighted by Gasteiger charge is 2.21. The van der Waals surface area contributed by atoms with Crippen LogP contribution in [0.5, 0.6) is 0 Å². The van der Waals surface area contributed by atoms with Crippen molar-refractivity contribution in [3.8, 4) is 6.07 Å². The smallest absolute Gasteiger partial charge is 0.246 e. The number of benzene rings is 1. The first kappa shape index (κ1) is 17.7. The molecule has 1 aromatic carbocycles. The molecule has 2 amide bonds. The predicted octanol–water partition coefficient (Wildman–Crippen LogP) is 2.11. The van der Waals surface area contributed by atoms with Crippen LogP contribution in [0.1, 0.15) is 24.8 Å². The van der Waals surface area contributed by atoms with E-state index < -0.39 is 0 Å². The van der Waals surface area contributed by atoms with Gasteiger partial charge in [-0.25, -0.2) is 4.39 Å². The Morgan fingerprint density at radius 3 is 2.79 bits per heavy atom. The summed E-state index contributed by atoms with van der Waals surface area (Å²) in [5.41, 5.74) is 0.651. The van der Waals surface area contributed by atoms with Crippen LogP contribution in [0.4, 0.5) is 4.39 Å². The van der Waals surface area contributed by atoms with Crippen LogP contribution in [0.2, 0.25) is 0 Å². The molecule has 1 aliphatic heterocycles. The minimum atomic E-state index is -0.330. The van der Waals surface area contributed by atoms with Gasteiger partial charge in [-0.2, -0.15) is 5.26 Å². The van der Waals surface area contributed by atoms with Gasteiger partial charge in [0, 0.05) is 25.7 Å². The van der Waals surface area contributed by atoms with E-state index in [1.165, 1.54) is 18.2 Å². The van der Waals surface area contributed by atoms with E-state index in [1.807, 2.05) is 6.07 Å². The molecular formula is C18H20FN3O2. The molecule has 0 radical (unpaired) electrons. The maximum absolute atomic E-state index is 13.1. The highest BCUT2D eigenvalue weighted by molar-refractivity contribution is 5.91. The van der Waals surface area contributed by atoms with Crippen molar-refractivity contribution in [2.24, 2.45) is 5.92 Å². The summed E-state index contributed by atoms with van der Waals surface area (Å²) in [4.78, 5) is 25.2. The lowest BCUT2D eigenvalue weighted by atomic mass is 9.96. The Labute approximate surface area is 140 Å². The van der Waals surface area contributed by atoms with E-state index in [9.17, 15) is 14.0 Å². The molecule has 6 heteroatoms. The molecule has 0 bridgehead atoms. The second-order valence-electron chi connectivity index (χ2n) is 5.80. The minimum Gasteiger partial charge on any atom is -0.355 e. The van der Waals surface area contributed by atoms with Crippen molar-refractivity contribution >= 4 is 17.9 Å². The average Bonchev–Trinajstić information content (AvgIpc) is 2.59. The fraction of sp³-hybridized carbons (Fsp3) is 0.389. The first-order valence-corrected chi connectivity index (χ1v) is 7.94. The van der Waals surface area contributed by atoms with Crippen LogP contribution in [0.25, 0.3) is 6.08 Å². The molecule has 1 aromatic rings. The van der Waals surface area contributed by atoms with Crippen molar-refractivity contribution in [3.05, 3.63) is 41.7 Å². The number of piperidine rings is 1. The van der Waals surface area contributed by atoms with E-state index >= 15 is 0 Å². The zero-order valence-corrected chi connectivity index (χ0v) is 13.4. The molecule has 1 saturated heterocycles. The molecule has 0 saturated carbocycles. The van der Waals surface area contributed by atoms with Crippen molar-refractivity contribution in [2.75, 3.05) is 19.6 Å². The lowest BCUT2D eigenvalue weighted by molar-refractivity contribution is -0.127. The highest BCUT2D eigenvalue weighted by atomic mass is 19.1. The summed E-state index contributed by atoms with van der Waals surface area (Å²) in [5, 5.41) is 11.2. The Hall–Kier alpha value is -2.68. The van der Waals surface area contributed by atoms with Gasteiger partial charge in [0.1, 0.15) is 12.2 Å². The third-order valence-corrected chi connectivity index (χ3v) is 4.02. The maximum Gasteiger partial charge on any atom is 0.246 e. The summed E-state index contributed by atoms with van der Waals surface area (Å²) in [6, 6.07) is 7.89. The van der Waals surface area contributed by atoms with Gasteiger partial charge in [-0.15, -0.1) is 0 Å². The zero-order valence-electron chi connectivity index (χ0n) is 13.4. The van der Waals surface area contributed by atoms with Gasteiger partial charge in [0.15, 0.2) is 0 Å². The molecule has 2 rings (SSSR count). The number of nitrogens with zero attached hydrogens (tertiary/aromatic N) is 2. The number of halogens is 1. The SMILES string of the molecule is N#CCC(=O)NCC1CCN(C(=O)/C=C/c2cccc(F)c2)CC1. The Kier molecular flexibility index (Phi) is 6.50. The largest absolute Gasteiger partial charge is 0.355 e. The normalized spacial score (nSPS) is 15.2. The molecule has 24 heavy (non-hydrogen) atoms. The van der Waals surface area contributed by atoms with E-state index in [-0.39, 0.29) is 24.1 Å². The zero-order chi connectivity index (χ0) is 17.4. The quantitative estimate of drug-likeness (QED) is 0.841. The number of likely N-dealkylation sites (tertiary alicyclic amines) is 1. The van der Waals surface area contributed by atoms with Crippen LogP contribution in [0.15, 0.2) is 30.3 Å². The average molecular weight is 329 g/mol. The van der Waals surface area contributed by atoms with Gasteiger partial charge in [-0.3, -0.25) is 9.59 Å². The molecular weight excluding hydrogens is 309 g/mol. The summed E-state index contributed by atoms with van der Waals surface area (Å²) in [7, 11) is 0. The monoisotopic (exact) mass is 329 g/mol. The van der Waals surface area contributed by atoms with Gasteiger partial charge < -0.3 is 10.2 Å². The molecule has 1 aliphatic rings. The summed E-state index contributed by atoms with van der Waals surface area (Å²) in [6.07, 6.45) is 4.57. The third kappa shape index (κ3) is 5.51. The van der Waals surface area contributed by atoms with Gasteiger partial charge in [0.2, 0.25) is 11.8 Å². The third-order valence-electron chi connectivity index (χ3n) is 4.02.